The molecular formula is C10H12Br2N2. The molecule has 14 heavy (non-hydrogen) atoms. The Morgan fingerprint density at radius 2 is 2.29 bits per heavy atom. The first-order chi connectivity index (χ1) is 6.66. The molecule has 0 saturated heterocycles. The molecule has 0 aromatic carbocycles. The number of halogens is 2. The molecule has 76 valence electrons. The van der Waals surface area contributed by atoms with Crippen molar-refractivity contribution in [2.24, 2.45) is 5.92 Å². The Hall–Kier alpha value is 0.0700. The zero-order valence-electron chi connectivity index (χ0n) is 7.93. The molecule has 1 aromatic heterocycles. The number of nitrogens with one attached hydrogen (secondary N) is 1. The van der Waals surface area contributed by atoms with Crippen molar-refractivity contribution >= 4 is 31.9 Å². The molecule has 2 nitrogen and oxygen atoms in total. The molecule has 2 unspecified atom stereocenters. The van der Waals surface area contributed by atoms with Crippen molar-refractivity contribution < 1.29 is 0 Å². The van der Waals surface area contributed by atoms with Gasteiger partial charge in [0.25, 0.3) is 0 Å². The summed E-state index contributed by atoms with van der Waals surface area (Å²) in [6, 6.07) is 2.73. The second kappa shape index (κ2) is 4.29. The van der Waals surface area contributed by atoms with Crippen LogP contribution < -0.4 is 5.32 Å². The summed E-state index contributed by atoms with van der Waals surface area (Å²) in [6.07, 6.45) is 3.13. The maximum absolute atomic E-state index is 4.35. The summed E-state index contributed by atoms with van der Waals surface area (Å²) in [5.74, 6) is 0.837. The summed E-state index contributed by atoms with van der Waals surface area (Å²) in [5.41, 5.74) is 1.08. The zero-order chi connectivity index (χ0) is 10.1. The van der Waals surface area contributed by atoms with E-state index in [4.69, 9.17) is 0 Å². The van der Waals surface area contributed by atoms with Gasteiger partial charge in [0.1, 0.15) is 0 Å². The molecule has 1 N–H and O–H groups in total. The van der Waals surface area contributed by atoms with Gasteiger partial charge in [0.2, 0.25) is 0 Å². The van der Waals surface area contributed by atoms with E-state index < -0.39 is 0 Å². The normalized spacial score (nSPS) is 25.1. The van der Waals surface area contributed by atoms with E-state index in [1.54, 1.807) is 0 Å². The Bertz CT molecular complexity index is 341. The summed E-state index contributed by atoms with van der Waals surface area (Å²) >= 11 is 6.89. The lowest BCUT2D eigenvalue weighted by molar-refractivity contribution is 0.640. The first kappa shape index (κ1) is 10.6. The van der Waals surface area contributed by atoms with Gasteiger partial charge in [-0.1, -0.05) is 6.92 Å². The van der Waals surface area contributed by atoms with Gasteiger partial charge in [0.05, 0.1) is 5.69 Å². The molecule has 0 bridgehead atoms. The number of rotatable bonds is 3. The van der Waals surface area contributed by atoms with Crippen LogP contribution in [0, 0.1) is 5.92 Å². The summed E-state index contributed by atoms with van der Waals surface area (Å²) in [4.78, 5) is 4.35. The highest BCUT2D eigenvalue weighted by molar-refractivity contribution is 9.11. The van der Waals surface area contributed by atoms with Gasteiger partial charge in [-0.15, -0.1) is 0 Å². The Morgan fingerprint density at radius 3 is 2.86 bits per heavy atom. The van der Waals surface area contributed by atoms with Crippen LogP contribution in [0.2, 0.25) is 0 Å². The monoisotopic (exact) mass is 318 g/mol. The number of hydrogen-bond acceptors (Lipinski definition) is 2. The van der Waals surface area contributed by atoms with Gasteiger partial charge in [-0.2, -0.15) is 0 Å². The molecule has 1 fully saturated rings. The molecule has 1 aliphatic carbocycles. The van der Waals surface area contributed by atoms with Gasteiger partial charge in [0.15, 0.2) is 0 Å². The molecule has 2 rings (SSSR count). The minimum absolute atomic E-state index is 0.701. The summed E-state index contributed by atoms with van der Waals surface area (Å²) in [7, 11) is 0. The molecule has 1 saturated carbocycles. The summed E-state index contributed by atoms with van der Waals surface area (Å²) in [6.45, 7) is 3.12. The lowest BCUT2D eigenvalue weighted by Crippen LogP contribution is -2.18. The molecule has 0 amide bonds. The van der Waals surface area contributed by atoms with E-state index in [-0.39, 0.29) is 0 Å². The first-order valence-corrected chi connectivity index (χ1v) is 6.28. The smallest absolute Gasteiger partial charge is 0.0684 e. The lowest BCUT2D eigenvalue weighted by Gasteiger charge is -2.05. The van der Waals surface area contributed by atoms with Crippen LogP contribution >= 0.6 is 31.9 Å². The topological polar surface area (TPSA) is 24.9 Å². The zero-order valence-corrected chi connectivity index (χ0v) is 11.1. The minimum atomic E-state index is 0.701. The molecule has 0 radical (unpaired) electrons. The van der Waals surface area contributed by atoms with Gasteiger partial charge in [0, 0.05) is 27.7 Å². The van der Waals surface area contributed by atoms with Crippen LogP contribution in [0.15, 0.2) is 21.2 Å². The van der Waals surface area contributed by atoms with Gasteiger partial charge in [-0.05, 0) is 50.3 Å². The molecular weight excluding hydrogens is 308 g/mol. The number of pyridine rings is 1. The summed E-state index contributed by atoms with van der Waals surface area (Å²) < 4.78 is 2.07. The minimum Gasteiger partial charge on any atom is -0.308 e. The standard InChI is InChI=1S/C10H12Br2N2/c1-6-2-9(6)14-5-10-8(12)3-7(11)4-13-10/h3-4,6,9,14H,2,5H2,1H3. The third-order valence-electron chi connectivity index (χ3n) is 2.53. The van der Waals surface area contributed by atoms with E-state index in [1.807, 2.05) is 12.3 Å². The van der Waals surface area contributed by atoms with Gasteiger partial charge in [-0.25, -0.2) is 0 Å². The average Bonchev–Trinajstić information content (AvgIpc) is 2.80. The third-order valence-corrected chi connectivity index (χ3v) is 3.65. The summed E-state index contributed by atoms with van der Waals surface area (Å²) in [5, 5.41) is 3.48. The van der Waals surface area contributed by atoms with Crippen molar-refractivity contribution in [3.63, 3.8) is 0 Å². The third kappa shape index (κ3) is 2.55. The highest BCUT2D eigenvalue weighted by Gasteiger charge is 2.31. The SMILES string of the molecule is CC1CC1NCc1ncc(Br)cc1Br. The number of nitrogens with zero attached hydrogens (tertiary/aromatic N) is 1. The molecule has 0 aliphatic heterocycles. The largest absolute Gasteiger partial charge is 0.308 e. The van der Waals surface area contributed by atoms with Crippen molar-refractivity contribution in [3.05, 3.63) is 26.9 Å². The molecule has 1 aliphatic rings. The van der Waals surface area contributed by atoms with Crippen molar-refractivity contribution in [3.8, 4) is 0 Å². The average molecular weight is 320 g/mol. The van der Waals surface area contributed by atoms with Crippen LogP contribution in [0.3, 0.4) is 0 Å². The van der Waals surface area contributed by atoms with Gasteiger partial charge < -0.3 is 5.32 Å². The lowest BCUT2D eigenvalue weighted by atomic mass is 10.3. The second-order valence-corrected chi connectivity index (χ2v) is 5.55. The maximum atomic E-state index is 4.35. The van der Waals surface area contributed by atoms with Crippen molar-refractivity contribution in [2.75, 3.05) is 0 Å². The van der Waals surface area contributed by atoms with Gasteiger partial charge in [-0.3, -0.25) is 4.98 Å². The van der Waals surface area contributed by atoms with Crippen molar-refractivity contribution in [1.29, 1.82) is 0 Å². The van der Waals surface area contributed by atoms with Crippen molar-refractivity contribution in [1.82, 2.24) is 10.3 Å². The van der Waals surface area contributed by atoms with E-state index in [0.29, 0.717) is 6.04 Å². The fourth-order valence-corrected chi connectivity index (χ4v) is 2.53. The first-order valence-electron chi connectivity index (χ1n) is 4.70. The van der Waals surface area contributed by atoms with E-state index in [0.717, 1.165) is 27.1 Å². The number of aromatic nitrogens is 1. The molecule has 4 heteroatoms. The second-order valence-electron chi connectivity index (χ2n) is 3.78. The molecule has 1 aromatic rings. The van der Waals surface area contributed by atoms with Crippen LogP contribution in [-0.2, 0) is 6.54 Å². The van der Waals surface area contributed by atoms with E-state index in [9.17, 15) is 0 Å². The van der Waals surface area contributed by atoms with Crippen LogP contribution in [-0.4, -0.2) is 11.0 Å². The Kier molecular flexibility index (Phi) is 3.24. The van der Waals surface area contributed by atoms with Crippen LogP contribution in [0.4, 0.5) is 0 Å². The Labute approximate surface area is 101 Å². The Morgan fingerprint density at radius 1 is 1.57 bits per heavy atom. The predicted octanol–water partition coefficient (Wildman–Crippen LogP) is 3.10. The van der Waals surface area contributed by atoms with Crippen LogP contribution in [0.1, 0.15) is 19.0 Å². The Balaban J connectivity index is 1.95. The highest BCUT2D eigenvalue weighted by Crippen LogP contribution is 2.29. The maximum Gasteiger partial charge on any atom is 0.0684 e. The molecule has 0 spiro atoms. The van der Waals surface area contributed by atoms with E-state index in [2.05, 4.69) is 49.1 Å². The molecule has 1 heterocycles. The highest BCUT2D eigenvalue weighted by atomic mass is 79.9. The van der Waals surface area contributed by atoms with E-state index in [1.165, 1.54) is 6.42 Å². The van der Waals surface area contributed by atoms with Crippen LogP contribution in [0.5, 0.6) is 0 Å². The fraction of sp³-hybridized carbons (Fsp3) is 0.500. The molecule has 2 atom stereocenters. The van der Waals surface area contributed by atoms with E-state index >= 15 is 0 Å². The predicted molar refractivity (Wildman–Crippen MR) is 64.0 cm³/mol. The van der Waals surface area contributed by atoms with Gasteiger partial charge >= 0.3 is 0 Å². The van der Waals surface area contributed by atoms with Crippen molar-refractivity contribution in [2.45, 2.75) is 25.9 Å². The quantitative estimate of drug-likeness (QED) is 0.926. The van der Waals surface area contributed by atoms with Crippen LogP contribution in [0.25, 0.3) is 0 Å². The number of hydrogen-bond donors (Lipinski definition) is 1. The fourth-order valence-electron chi connectivity index (χ4n) is 1.41.